The topological polar surface area (TPSA) is 65.1 Å². The summed E-state index contributed by atoms with van der Waals surface area (Å²) in [6, 6.07) is 17.7. The highest BCUT2D eigenvalue weighted by atomic mass is 16.3. The van der Waals surface area contributed by atoms with Gasteiger partial charge in [-0.15, -0.1) is 0 Å². The van der Waals surface area contributed by atoms with Crippen molar-refractivity contribution in [2.24, 2.45) is 5.92 Å². The molecule has 1 aromatic heterocycles. The van der Waals surface area contributed by atoms with E-state index in [9.17, 15) is 9.90 Å². The van der Waals surface area contributed by atoms with Gasteiger partial charge in [0.25, 0.3) is 0 Å². The lowest BCUT2D eigenvalue weighted by atomic mass is 9.88. The minimum Gasteiger partial charge on any atom is -0.395 e. The number of carbonyl (C=O) groups is 1. The predicted molar refractivity (Wildman–Crippen MR) is 110 cm³/mol. The Bertz CT molecular complexity index is 872. The normalized spacial score (nSPS) is 14.8. The van der Waals surface area contributed by atoms with Crippen LogP contribution in [0.25, 0.3) is 10.9 Å². The Labute approximate surface area is 160 Å². The van der Waals surface area contributed by atoms with Crippen LogP contribution in [0.1, 0.15) is 30.9 Å². The van der Waals surface area contributed by atoms with E-state index in [-0.39, 0.29) is 24.3 Å². The lowest BCUT2D eigenvalue weighted by molar-refractivity contribution is -0.119. The molecule has 3 unspecified atom stereocenters. The molecule has 4 nitrogen and oxygen atoms in total. The van der Waals surface area contributed by atoms with E-state index in [0.29, 0.717) is 5.92 Å². The van der Waals surface area contributed by atoms with Gasteiger partial charge in [0.1, 0.15) is 5.78 Å². The number of ketones is 1. The van der Waals surface area contributed by atoms with Gasteiger partial charge in [0.2, 0.25) is 0 Å². The molecule has 3 N–H and O–H groups in total. The number of hydrogen-bond donors (Lipinski definition) is 3. The molecule has 1 heterocycles. The number of aliphatic hydroxyl groups is 1. The number of fused-ring (bicyclic) bond motifs is 1. The van der Waals surface area contributed by atoms with Gasteiger partial charge in [0.05, 0.1) is 12.5 Å². The maximum Gasteiger partial charge on any atom is 0.138 e. The Balaban J connectivity index is 1.65. The molecule has 2 aromatic carbocycles. The van der Waals surface area contributed by atoms with E-state index in [1.54, 1.807) is 6.92 Å². The molecule has 0 aliphatic carbocycles. The average molecular weight is 364 g/mol. The maximum atomic E-state index is 12.2. The summed E-state index contributed by atoms with van der Waals surface area (Å²) in [6.45, 7) is 4.45. The van der Waals surface area contributed by atoms with Crippen LogP contribution in [0.5, 0.6) is 0 Å². The molecule has 0 bridgehead atoms. The lowest BCUT2D eigenvalue weighted by Crippen LogP contribution is -2.42. The summed E-state index contributed by atoms with van der Waals surface area (Å²) in [4.78, 5) is 15.6. The second-order valence-corrected chi connectivity index (χ2v) is 7.37. The van der Waals surface area contributed by atoms with E-state index in [0.717, 1.165) is 24.0 Å². The second kappa shape index (κ2) is 8.98. The summed E-state index contributed by atoms with van der Waals surface area (Å²) in [5.74, 6) is 0.107. The average Bonchev–Trinajstić information content (AvgIpc) is 3.08. The Morgan fingerprint density at radius 3 is 2.52 bits per heavy atom. The van der Waals surface area contributed by atoms with Gasteiger partial charge in [-0.2, -0.15) is 0 Å². The fraction of sp³-hybridized carbons (Fsp3) is 0.348. The van der Waals surface area contributed by atoms with Gasteiger partial charge < -0.3 is 15.4 Å². The minimum atomic E-state index is -0.337. The number of rotatable bonds is 9. The Kier molecular flexibility index (Phi) is 6.43. The predicted octanol–water partition coefficient (Wildman–Crippen LogP) is 3.67. The van der Waals surface area contributed by atoms with Crippen LogP contribution in [0.15, 0.2) is 60.8 Å². The molecule has 3 atom stereocenters. The standard InChI is InChI=1S/C23H28N2O2/c1-16(12-19-14-25-21-11-7-6-10-20(19)21)13-24-22(15-26)23(17(2)27)18-8-4-3-5-9-18/h3-11,14,16,22-26H,12-13,15H2,1-2H3. The summed E-state index contributed by atoms with van der Waals surface area (Å²) >= 11 is 0. The minimum absolute atomic E-state index is 0.0667. The Morgan fingerprint density at radius 2 is 1.81 bits per heavy atom. The largest absolute Gasteiger partial charge is 0.395 e. The van der Waals surface area contributed by atoms with Crippen LogP contribution in [0.2, 0.25) is 0 Å². The number of hydrogen-bond acceptors (Lipinski definition) is 3. The van der Waals surface area contributed by atoms with Crippen molar-refractivity contribution in [2.75, 3.05) is 13.2 Å². The van der Waals surface area contributed by atoms with Crippen molar-refractivity contribution < 1.29 is 9.90 Å². The molecule has 0 radical (unpaired) electrons. The van der Waals surface area contributed by atoms with Crippen LogP contribution in [0.4, 0.5) is 0 Å². The van der Waals surface area contributed by atoms with E-state index < -0.39 is 0 Å². The molecule has 0 aliphatic rings. The van der Waals surface area contributed by atoms with Crippen LogP contribution in [0.3, 0.4) is 0 Å². The van der Waals surface area contributed by atoms with Gasteiger partial charge in [-0.25, -0.2) is 0 Å². The highest BCUT2D eigenvalue weighted by Gasteiger charge is 2.26. The van der Waals surface area contributed by atoms with Crippen molar-refractivity contribution in [3.8, 4) is 0 Å². The molecule has 0 spiro atoms. The molecule has 4 heteroatoms. The summed E-state index contributed by atoms with van der Waals surface area (Å²) in [5, 5.41) is 14.6. The smallest absolute Gasteiger partial charge is 0.138 e. The van der Waals surface area contributed by atoms with Crippen molar-refractivity contribution in [3.63, 3.8) is 0 Å². The van der Waals surface area contributed by atoms with E-state index in [2.05, 4.69) is 41.6 Å². The number of para-hydroxylation sites is 1. The van der Waals surface area contributed by atoms with Crippen molar-refractivity contribution in [2.45, 2.75) is 32.2 Å². The van der Waals surface area contributed by atoms with Gasteiger partial charge in [-0.05, 0) is 43.0 Å². The first-order valence-corrected chi connectivity index (χ1v) is 9.54. The quantitative estimate of drug-likeness (QED) is 0.543. The number of benzene rings is 2. The fourth-order valence-electron chi connectivity index (χ4n) is 3.80. The van der Waals surface area contributed by atoms with E-state index in [1.165, 1.54) is 10.9 Å². The third-order valence-corrected chi connectivity index (χ3v) is 5.17. The summed E-state index contributed by atoms with van der Waals surface area (Å²) in [7, 11) is 0. The van der Waals surface area contributed by atoms with Gasteiger partial charge in [-0.1, -0.05) is 55.5 Å². The van der Waals surface area contributed by atoms with Crippen LogP contribution in [-0.2, 0) is 11.2 Å². The molecule has 0 saturated heterocycles. The SMILES string of the molecule is CC(=O)C(c1ccccc1)C(CO)NCC(C)Cc1c[nH]c2ccccc12. The Hall–Kier alpha value is -2.43. The third-order valence-electron chi connectivity index (χ3n) is 5.17. The number of H-pyrrole nitrogens is 1. The number of aromatic nitrogens is 1. The summed E-state index contributed by atoms with van der Waals surface area (Å²) in [6.07, 6.45) is 3.01. The van der Waals surface area contributed by atoms with Gasteiger partial charge in [0.15, 0.2) is 0 Å². The van der Waals surface area contributed by atoms with Gasteiger partial charge in [0, 0.05) is 23.1 Å². The van der Waals surface area contributed by atoms with Crippen LogP contribution in [0, 0.1) is 5.92 Å². The first-order valence-electron chi connectivity index (χ1n) is 9.54. The zero-order chi connectivity index (χ0) is 19.2. The number of aromatic amines is 1. The van der Waals surface area contributed by atoms with Crippen molar-refractivity contribution in [1.82, 2.24) is 10.3 Å². The van der Waals surface area contributed by atoms with E-state index >= 15 is 0 Å². The highest BCUT2D eigenvalue weighted by Crippen LogP contribution is 2.23. The summed E-state index contributed by atoms with van der Waals surface area (Å²) in [5.41, 5.74) is 3.40. The van der Waals surface area contributed by atoms with Crippen molar-refractivity contribution >= 4 is 16.7 Å². The van der Waals surface area contributed by atoms with Crippen LogP contribution < -0.4 is 5.32 Å². The molecule has 142 valence electrons. The third kappa shape index (κ3) is 4.65. The lowest BCUT2D eigenvalue weighted by Gasteiger charge is -2.26. The van der Waals surface area contributed by atoms with E-state index in [4.69, 9.17) is 0 Å². The Morgan fingerprint density at radius 1 is 1.11 bits per heavy atom. The monoisotopic (exact) mass is 364 g/mol. The zero-order valence-electron chi connectivity index (χ0n) is 16.0. The van der Waals surface area contributed by atoms with Gasteiger partial charge in [-0.3, -0.25) is 4.79 Å². The highest BCUT2D eigenvalue weighted by molar-refractivity contribution is 5.84. The number of nitrogens with one attached hydrogen (secondary N) is 2. The molecule has 0 saturated carbocycles. The van der Waals surface area contributed by atoms with E-state index in [1.807, 2.05) is 36.4 Å². The van der Waals surface area contributed by atoms with Crippen molar-refractivity contribution in [3.05, 3.63) is 71.9 Å². The second-order valence-electron chi connectivity index (χ2n) is 7.37. The number of aliphatic hydroxyl groups excluding tert-OH is 1. The molecule has 0 amide bonds. The molecule has 3 rings (SSSR count). The van der Waals surface area contributed by atoms with Crippen molar-refractivity contribution in [1.29, 1.82) is 0 Å². The maximum absolute atomic E-state index is 12.2. The molecule has 0 aliphatic heterocycles. The fourth-order valence-corrected chi connectivity index (χ4v) is 3.80. The molecular formula is C23H28N2O2. The first-order chi connectivity index (χ1) is 13.1. The summed E-state index contributed by atoms with van der Waals surface area (Å²) < 4.78 is 0. The first kappa shape index (κ1) is 19.3. The zero-order valence-corrected chi connectivity index (χ0v) is 16.0. The molecule has 0 fully saturated rings. The van der Waals surface area contributed by atoms with Crippen LogP contribution in [-0.4, -0.2) is 35.1 Å². The molecular weight excluding hydrogens is 336 g/mol. The molecule has 3 aromatic rings. The number of carbonyl (C=O) groups excluding carboxylic acids is 1. The molecule has 27 heavy (non-hydrogen) atoms. The number of Topliss-reactive ketones (excluding diaryl/α,β-unsaturated/α-hetero) is 1. The van der Waals surface area contributed by atoms with Crippen LogP contribution >= 0.6 is 0 Å². The van der Waals surface area contributed by atoms with Gasteiger partial charge >= 0.3 is 0 Å².